The van der Waals surface area contributed by atoms with Crippen LogP contribution in [0.3, 0.4) is 0 Å². The number of hydrazone groups is 1. The largest absolute Gasteiger partial charge is 0.387 e. The van der Waals surface area contributed by atoms with Crippen molar-refractivity contribution in [3.8, 4) is 0 Å². The molecule has 0 bridgehead atoms. The maximum absolute atomic E-state index is 13.3. The molecule has 0 saturated heterocycles. The molecular weight excluding hydrogens is 361 g/mol. The Kier molecular flexibility index (Phi) is 5.84. The first-order chi connectivity index (χ1) is 13.3. The Labute approximate surface area is 162 Å². The van der Waals surface area contributed by atoms with Gasteiger partial charge in [0.05, 0.1) is 11.8 Å². The normalized spacial score (nSPS) is 15.2. The van der Waals surface area contributed by atoms with Crippen molar-refractivity contribution in [2.24, 2.45) is 5.10 Å². The summed E-state index contributed by atoms with van der Waals surface area (Å²) in [5.74, 6) is -1.09. The highest BCUT2D eigenvalue weighted by atomic mass is 19.1. The standard InChI is InChI=1S/C21H22FN3O3/c1-13-6-7-14(2)18(10-13)25-20(27)9-8-17(24-25)21(28)23-12-19(26)15-4-3-5-16(22)11-15/h3-7,10-11,19,26H,8-9,12H2,1-2H3,(H,23,28). The fourth-order valence-electron chi connectivity index (χ4n) is 2.98. The minimum absolute atomic E-state index is 0.0846. The van der Waals surface area contributed by atoms with Crippen LogP contribution in [0.2, 0.25) is 0 Å². The van der Waals surface area contributed by atoms with E-state index in [1.165, 1.54) is 23.2 Å². The number of aryl methyl sites for hydroxylation is 2. The number of aliphatic hydroxyl groups is 1. The SMILES string of the molecule is Cc1ccc(C)c(N2N=C(C(=O)NCC(O)c3cccc(F)c3)CCC2=O)c1. The zero-order chi connectivity index (χ0) is 20.3. The molecule has 0 radical (unpaired) electrons. The molecule has 2 amide bonds. The van der Waals surface area contributed by atoms with Crippen molar-refractivity contribution in [1.82, 2.24) is 5.32 Å². The second kappa shape index (κ2) is 8.31. The number of nitrogens with one attached hydrogen (secondary N) is 1. The van der Waals surface area contributed by atoms with Crippen LogP contribution in [0.15, 0.2) is 47.6 Å². The maximum Gasteiger partial charge on any atom is 0.267 e. The lowest BCUT2D eigenvalue weighted by molar-refractivity contribution is -0.119. The minimum atomic E-state index is -1.04. The molecule has 0 fully saturated rings. The number of anilines is 1. The fourth-order valence-corrected chi connectivity index (χ4v) is 2.98. The fraction of sp³-hybridized carbons (Fsp3) is 0.286. The Balaban J connectivity index is 1.72. The molecule has 2 aromatic carbocycles. The first-order valence-corrected chi connectivity index (χ1v) is 9.04. The van der Waals surface area contributed by atoms with Crippen LogP contribution in [0, 0.1) is 19.7 Å². The molecule has 0 aliphatic carbocycles. The van der Waals surface area contributed by atoms with Gasteiger partial charge in [0.1, 0.15) is 11.5 Å². The Bertz CT molecular complexity index is 942. The van der Waals surface area contributed by atoms with Gasteiger partial charge in [-0.05, 0) is 48.7 Å². The van der Waals surface area contributed by atoms with Gasteiger partial charge in [0.2, 0.25) is 5.91 Å². The second-order valence-electron chi connectivity index (χ2n) is 6.82. The van der Waals surface area contributed by atoms with Crippen LogP contribution in [0.25, 0.3) is 0 Å². The average molecular weight is 383 g/mol. The number of carbonyl (C=O) groups is 2. The van der Waals surface area contributed by atoms with E-state index in [0.717, 1.165) is 11.1 Å². The quantitative estimate of drug-likeness (QED) is 0.833. The average Bonchev–Trinajstić information content (AvgIpc) is 2.68. The van der Waals surface area contributed by atoms with Gasteiger partial charge in [-0.25, -0.2) is 9.40 Å². The number of hydrogen-bond donors (Lipinski definition) is 2. The zero-order valence-corrected chi connectivity index (χ0v) is 15.8. The number of benzene rings is 2. The molecule has 3 rings (SSSR count). The van der Waals surface area contributed by atoms with E-state index in [4.69, 9.17) is 0 Å². The van der Waals surface area contributed by atoms with Crippen molar-refractivity contribution < 1.29 is 19.1 Å². The molecule has 28 heavy (non-hydrogen) atoms. The molecule has 1 atom stereocenters. The van der Waals surface area contributed by atoms with Gasteiger partial charge in [-0.15, -0.1) is 0 Å². The number of carbonyl (C=O) groups excluding carboxylic acids is 2. The molecule has 146 valence electrons. The summed E-state index contributed by atoms with van der Waals surface area (Å²) in [4.78, 5) is 24.8. The van der Waals surface area contributed by atoms with Gasteiger partial charge in [-0.2, -0.15) is 5.10 Å². The van der Waals surface area contributed by atoms with Gasteiger partial charge in [0, 0.05) is 19.4 Å². The third-order valence-electron chi connectivity index (χ3n) is 4.58. The van der Waals surface area contributed by atoms with Crippen LogP contribution < -0.4 is 10.3 Å². The Morgan fingerprint density at radius 1 is 1.25 bits per heavy atom. The summed E-state index contributed by atoms with van der Waals surface area (Å²) in [5.41, 5.74) is 3.10. The monoisotopic (exact) mass is 383 g/mol. The number of amides is 2. The van der Waals surface area contributed by atoms with Crippen LogP contribution >= 0.6 is 0 Å². The van der Waals surface area contributed by atoms with Gasteiger partial charge in [-0.3, -0.25) is 9.59 Å². The number of rotatable bonds is 5. The van der Waals surface area contributed by atoms with Gasteiger partial charge in [-0.1, -0.05) is 24.3 Å². The number of hydrogen-bond acceptors (Lipinski definition) is 4. The van der Waals surface area contributed by atoms with Crippen molar-refractivity contribution in [3.63, 3.8) is 0 Å². The Hall–Kier alpha value is -3.06. The summed E-state index contributed by atoms with van der Waals surface area (Å²) in [6.07, 6.45) is -0.644. The van der Waals surface area contributed by atoms with Crippen molar-refractivity contribution >= 4 is 23.2 Å². The molecule has 0 aromatic heterocycles. The smallest absolute Gasteiger partial charge is 0.267 e. The first-order valence-electron chi connectivity index (χ1n) is 9.04. The number of nitrogens with zero attached hydrogens (tertiary/aromatic N) is 2. The van der Waals surface area contributed by atoms with Gasteiger partial charge >= 0.3 is 0 Å². The molecular formula is C21H22FN3O3. The first kappa shape index (κ1) is 19.7. The molecule has 2 aromatic rings. The molecule has 2 N–H and O–H groups in total. The maximum atomic E-state index is 13.3. The van der Waals surface area contributed by atoms with Crippen LogP contribution in [0.5, 0.6) is 0 Å². The van der Waals surface area contributed by atoms with E-state index in [2.05, 4.69) is 10.4 Å². The van der Waals surface area contributed by atoms with Crippen molar-refractivity contribution in [1.29, 1.82) is 0 Å². The number of halogens is 1. The van der Waals surface area contributed by atoms with E-state index >= 15 is 0 Å². The summed E-state index contributed by atoms with van der Waals surface area (Å²) >= 11 is 0. The van der Waals surface area contributed by atoms with E-state index in [9.17, 15) is 19.1 Å². The lowest BCUT2D eigenvalue weighted by Crippen LogP contribution is -2.40. The van der Waals surface area contributed by atoms with E-state index < -0.39 is 17.8 Å². The van der Waals surface area contributed by atoms with Crippen LogP contribution in [-0.4, -0.2) is 29.2 Å². The zero-order valence-electron chi connectivity index (χ0n) is 15.8. The molecule has 1 aliphatic rings. The Morgan fingerprint density at radius 3 is 2.79 bits per heavy atom. The highest BCUT2D eigenvalue weighted by Crippen LogP contribution is 2.25. The third kappa shape index (κ3) is 4.43. The van der Waals surface area contributed by atoms with E-state index in [1.807, 2.05) is 32.0 Å². The van der Waals surface area contributed by atoms with Gasteiger partial charge < -0.3 is 10.4 Å². The Morgan fingerprint density at radius 2 is 2.04 bits per heavy atom. The highest BCUT2D eigenvalue weighted by molar-refractivity contribution is 6.40. The summed E-state index contributed by atoms with van der Waals surface area (Å²) < 4.78 is 13.3. The van der Waals surface area contributed by atoms with Crippen molar-refractivity contribution in [2.75, 3.05) is 11.6 Å². The molecule has 0 spiro atoms. The van der Waals surface area contributed by atoms with E-state index in [-0.39, 0.29) is 31.0 Å². The summed E-state index contributed by atoms with van der Waals surface area (Å²) in [7, 11) is 0. The third-order valence-corrected chi connectivity index (χ3v) is 4.58. The topological polar surface area (TPSA) is 82.0 Å². The summed E-state index contributed by atoms with van der Waals surface area (Å²) in [5, 5.41) is 18.3. The van der Waals surface area contributed by atoms with Crippen LogP contribution in [0.1, 0.15) is 35.6 Å². The van der Waals surface area contributed by atoms with Gasteiger partial charge in [0.15, 0.2) is 0 Å². The van der Waals surface area contributed by atoms with Crippen molar-refractivity contribution in [2.45, 2.75) is 32.8 Å². The molecule has 1 heterocycles. The second-order valence-corrected chi connectivity index (χ2v) is 6.82. The molecule has 1 unspecified atom stereocenters. The predicted octanol–water partition coefficient (Wildman–Crippen LogP) is 2.78. The van der Waals surface area contributed by atoms with E-state index in [0.29, 0.717) is 11.3 Å². The molecule has 0 saturated carbocycles. The molecule has 1 aliphatic heterocycles. The molecule has 6 nitrogen and oxygen atoms in total. The minimum Gasteiger partial charge on any atom is -0.387 e. The highest BCUT2D eigenvalue weighted by Gasteiger charge is 2.26. The summed E-state index contributed by atoms with van der Waals surface area (Å²) in [6, 6.07) is 11.3. The lowest BCUT2D eigenvalue weighted by atomic mass is 10.1. The summed E-state index contributed by atoms with van der Waals surface area (Å²) in [6.45, 7) is 3.71. The van der Waals surface area contributed by atoms with Crippen molar-refractivity contribution in [3.05, 3.63) is 65.0 Å². The van der Waals surface area contributed by atoms with Crippen LogP contribution in [-0.2, 0) is 9.59 Å². The van der Waals surface area contributed by atoms with E-state index in [1.54, 1.807) is 6.07 Å². The number of aliphatic hydroxyl groups excluding tert-OH is 1. The lowest BCUT2D eigenvalue weighted by Gasteiger charge is -2.25. The van der Waals surface area contributed by atoms with Crippen LogP contribution in [0.4, 0.5) is 10.1 Å². The molecule has 7 heteroatoms. The predicted molar refractivity (Wildman–Crippen MR) is 104 cm³/mol. The van der Waals surface area contributed by atoms with Gasteiger partial charge in [0.25, 0.3) is 5.91 Å².